The van der Waals surface area contributed by atoms with E-state index in [1.54, 1.807) is 7.05 Å². The van der Waals surface area contributed by atoms with Crippen LogP contribution < -0.4 is 21.7 Å². The molecule has 152 valence electrons. The van der Waals surface area contributed by atoms with E-state index >= 15 is 0 Å². The number of guanidine groups is 1. The molecule has 26 heavy (non-hydrogen) atoms. The number of nitrogens with one attached hydrogen (secondary N) is 4. The molecule has 0 aliphatic rings. The molecule has 0 bridgehead atoms. The van der Waals surface area contributed by atoms with E-state index in [9.17, 15) is 9.59 Å². The van der Waals surface area contributed by atoms with Crippen molar-refractivity contribution in [3.8, 4) is 0 Å². The van der Waals surface area contributed by atoms with E-state index < -0.39 is 6.04 Å². The maximum absolute atomic E-state index is 12.1. The standard InChI is InChI=1S/C19H39N5O2/c1-3-4-5-6-7-8-9-10-11-14-17(25)24-16(18(26)22-2)13-12-15-23-19(20)21/h16H,3-15H2,1-2H3,(H,22,26)(H,24,25)(H4,20,21,23). The van der Waals surface area contributed by atoms with Crippen molar-refractivity contribution in [1.29, 1.82) is 5.41 Å². The third kappa shape index (κ3) is 14.5. The SMILES string of the molecule is CCCCCCCCCCCC(=O)NC(CCCNC(=N)N)C(=O)NC. The number of hydrogen-bond acceptors (Lipinski definition) is 3. The van der Waals surface area contributed by atoms with Gasteiger partial charge in [0.1, 0.15) is 6.04 Å². The van der Waals surface area contributed by atoms with Crippen LogP contribution in [-0.2, 0) is 9.59 Å². The third-order valence-corrected chi connectivity index (χ3v) is 4.39. The van der Waals surface area contributed by atoms with E-state index in [1.165, 1.54) is 44.9 Å². The van der Waals surface area contributed by atoms with E-state index in [-0.39, 0.29) is 17.8 Å². The van der Waals surface area contributed by atoms with E-state index in [4.69, 9.17) is 11.1 Å². The highest BCUT2D eigenvalue weighted by Gasteiger charge is 2.18. The molecule has 0 heterocycles. The van der Waals surface area contributed by atoms with Gasteiger partial charge in [-0.05, 0) is 19.3 Å². The van der Waals surface area contributed by atoms with Crippen molar-refractivity contribution in [3.05, 3.63) is 0 Å². The second kappa shape index (κ2) is 16.7. The number of likely N-dealkylation sites (N-methyl/N-ethyl adjacent to an activating group) is 1. The Morgan fingerprint density at radius 3 is 2.08 bits per heavy atom. The van der Waals surface area contributed by atoms with Crippen LogP contribution in [0.4, 0.5) is 0 Å². The molecule has 0 radical (unpaired) electrons. The Labute approximate surface area is 158 Å². The van der Waals surface area contributed by atoms with Crippen LogP contribution in [0.15, 0.2) is 0 Å². The minimum atomic E-state index is -0.528. The molecule has 1 unspecified atom stereocenters. The lowest BCUT2D eigenvalue weighted by atomic mass is 10.1. The zero-order valence-corrected chi connectivity index (χ0v) is 16.7. The monoisotopic (exact) mass is 369 g/mol. The highest BCUT2D eigenvalue weighted by Crippen LogP contribution is 2.10. The number of unbranched alkanes of at least 4 members (excludes halogenated alkanes) is 8. The molecule has 0 rings (SSSR count). The maximum atomic E-state index is 12.1. The normalized spacial score (nSPS) is 11.6. The maximum Gasteiger partial charge on any atom is 0.242 e. The van der Waals surface area contributed by atoms with Crippen molar-refractivity contribution in [2.75, 3.05) is 13.6 Å². The van der Waals surface area contributed by atoms with Crippen molar-refractivity contribution >= 4 is 17.8 Å². The van der Waals surface area contributed by atoms with Crippen LogP contribution in [-0.4, -0.2) is 37.4 Å². The van der Waals surface area contributed by atoms with Crippen LogP contribution >= 0.6 is 0 Å². The molecular formula is C19H39N5O2. The summed E-state index contributed by atoms with van der Waals surface area (Å²) in [6.45, 7) is 2.74. The molecular weight excluding hydrogens is 330 g/mol. The Morgan fingerprint density at radius 1 is 0.962 bits per heavy atom. The number of rotatable bonds is 16. The van der Waals surface area contributed by atoms with Gasteiger partial charge in [0.25, 0.3) is 0 Å². The first-order valence-electron chi connectivity index (χ1n) is 10.1. The molecule has 6 N–H and O–H groups in total. The van der Waals surface area contributed by atoms with Gasteiger partial charge in [0, 0.05) is 20.0 Å². The molecule has 0 saturated heterocycles. The summed E-state index contributed by atoms with van der Waals surface area (Å²) in [5.41, 5.74) is 5.22. The molecule has 0 aromatic rings. The first-order chi connectivity index (χ1) is 12.5. The molecule has 0 aromatic carbocycles. The fourth-order valence-electron chi connectivity index (χ4n) is 2.83. The molecule has 2 amide bonds. The Hall–Kier alpha value is -1.79. The average Bonchev–Trinajstić information content (AvgIpc) is 2.62. The minimum absolute atomic E-state index is 0.0685. The van der Waals surface area contributed by atoms with Crippen molar-refractivity contribution in [3.63, 3.8) is 0 Å². The van der Waals surface area contributed by atoms with Gasteiger partial charge in [-0.1, -0.05) is 58.3 Å². The highest BCUT2D eigenvalue weighted by molar-refractivity contribution is 5.87. The summed E-state index contributed by atoms with van der Waals surface area (Å²) < 4.78 is 0. The van der Waals surface area contributed by atoms with Gasteiger partial charge in [-0.2, -0.15) is 0 Å². The predicted octanol–water partition coefficient (Wildman–Crippen LogP) is 2.40. The summed E-state index contributed by atoms with van der Waals surface area (Å²) in [4.78, 5) is 23.9. The summed E-state index contributed by atoms with van der Waals surface area (Å²) in [7, 11) is 1.57. The van der Waals surface area contributed by atoms with E-state index in [2.05, 4.69) is 22.9 Å². The Balaban J connectivity index is 3.85. The Kier molecular flexibility index (Phi) is 15.5. The Morgan fingerprint density at radius 2 is 1.54 bits per heavy atom. The van der Waals surface area contributed by atoms with Crippen LogP contribution in [0.5, 0.6) is 0 Å². The van der Waals surface area contributed by atoms with Crippen molar-refractivity contribution in [2.24, 2.45) is 5.73 Å². The fraction of sp³-hybridized carbons (Fsp3) is 0.842. The van der Waals surface area contributed by atoms with Crippen molar-refractivity contribution in [2.45, 2.75) is 90.0 Å². The number of carbonyl (C=O) groups is 2. The second-order valence-electron chi connectivity index (χ2n) is 6.80. The molecule has 0 saturated carbocycles. The van der Waals surface area contributed by atoms with Gasteiger partial charge in [-0.25, -0.2) is 0 Å². The number of carbonyl (C=O) groups excluding carboxylic acids is 2. The van der Waals surface area contributed by atoms with Gasteiger partial charge in [-0.3, -0.25) is 15.0 Å². The van der Waals surface area contributed by atoms with Gasteiger partial charge < -0.3 is 21.7 Å². The van der Waals surface area contributed by atoms with Gasteiger partial charge in [0.2, 0.25) is 11.8 Å². The molecule has 0 aromatic heterocycles. The fourth-order valence-corrected chi connectivity index (χ4v) is 2.83. The summed E-state index contributed by atoms with van der Waals surface area (Å²) in [5.74, 6) is -0.342. The molecule has 1 atom stereocenters. The van der Waals surface area contributed by atoms with Crippen LogP contribution in [0.25, 0.3) is 0 Å². The first kappa shape index (κ1) is 24.2. The summed E-state index contributed by atoms with van der Waals surface area (Å²) in [6, 6.07) is -0.528. The lowest BCUT2D eigenvalue weighted by molar-refractivity contribution is -0.129. The average molecular weight is 370 g/mol. The molecule has 7 heteroatoms. The number of nitrogens with two attached hydrogens (primary N) is 1. The third-order valence-electron chi connectivity index (χ3n) is 4.39. The molecule has 0 spiro atoms. The Bertz CT molecular complexity index is 401. The summed E-state index contributed by atoms with van der Waals surface area (Å²) in [5, 5.41) is 15.2. The van der Waals surface area contributed by atoms with Gasteiger partial charge >= 0.3 is 0 Å². The molecule has 0 aliphatic heterocycles. The van der Waals surface area contributed by atoms with Crippen LogP contribution in [0.2, 0.25) is 0 Å². The quantitative estimate of drug-likeness (QED) is 0.163. The summed E-state index contributed by atoms with van der Waals surface area (Å²) >= 11 is 0. The second-order valence-corrected chi connectivity index (χ2v) is 6.80. The smallest absolute Gasteiger partial charge is 0.242 e. The van der Waals surface area contributed by atoms with E-state index in [1.807, 2.05) is 0 Å². The zero-order valence-electron chi connectivity index (χ0n) is 16.7. The lowest BCUT2D eigenvalue weighted by Gasteiger charge is -2.17. The van der Waals surface area contributed by atoms with Crippen LogP contribution in [0.3, 0.4) is 0 Å². The topological polar surface area (TPSA) is 120 Å². The van der Waals surface area contributed by atoms with Gasteiger partial charge in [0.05, 0.1) is 0 Å². The number of hydrogen-bond donors (Lipinski definition) is 5. The lowest BCUT2D eigenvalue weighted by Crippen LogP contribution is -2.46. The molecule has 0 aliphatic carbocycles. The van der Waals surface area contributed by atoms with Crippen LogP contribution in [0, 0.1) is 5.41 Å². The van der Waals surface area contributed by atoms with E-state index in [0.717, 1.165) is 12.8 Å². The number of amides is 2. The van der Waals surface area contributed by atoms with Crippen molar-refractivity contribution in [1.82, 2.24) is 16.0 Å². The molecule has 0 fully saturated rings. The van der Waals surface area contributed by atoms with Crippen LogP contribution in [0.1, 0.15) is 84.0 Å². The zero-order chi connectivity index (χ0) is 19.6. The highest BCUT2D eigenvalue weighted by atomic mass is 16.2. The first-order valence-corrected chi connectivity index (χ1v) is 10.1. The predicted molar refractivity (Wildman–Crippen MR) is 107 cm³/mol. The largest absolute Gasteiger partial charge is 0.370 e. The minimum Gasteiger partial charge on any atom is -0.370 e. The van der Waals surface area contributed by atoms with Gasteiger partial charge in [0.15, 0.2) is 5.96 Å². The molecule has 7 nitrogen and oxygen atoms in total. The van der Waals surface area contributed by atoms with Gasteiger partial charge in [-0.15, -0.1) is 0 Å². The summed E-state index contributed by atoms with van der Waals surface area (Å²) in [6.07, 6.45) is 12.5. The van der Waals surface area contributed by atoms with E-state index in [0.29, 0.717) is 25.8 Å². The van der Waals surface area contributed by atoms with Crippen molar-refractivity contribution < 1.29 is 9.59 Å².